The zero-order valence-corrected chi connectivity index (χ0v) is 10.7. The highest BCUT2D eigenvalue weighted by Gasteiger charge is 2.50. The van der Waals surface area contributed by atoms with Crippen molar-refractivity contribution in [2.45, 2.75) is 40.5 Å². The highest BCUT2D eigenvalue weighted by molar-refractivity contribution is 5.88. The smallest absolute Gasteiger partial charge is 0.240 e. The van der Waals surface area contributed by atoms with Crippen LogP contribution in [-0.2, 0) is 4.79 Å². The van der Waals surface area contributed by atoms with Crippen molar-refractivity contribution < 1.29 is 4.79 Å². The summed E-state index contributed by atoms with van der Waals surface area (Å²) in [6, 6.07) is 2.12. The number of rotatable bonds is 5. The van der Waals surface area contributed by atoms with Crippen LogP contribution >= 0.6 is 0 Å². The Hall–Kier alpha value is -1.04. The van der Waals surface area contributed by atoms with E-state index in [1.165, 1.54) is 0 Å². The molecule has 1 amide bonds. The number of nitriles is 1. The van der Waals surface area contributed by atoms with Crippen LogP contribution in [0.4, 0.5) is 0 Å². The van der Waals surface area contributed by atoms with Gasteiger partial charge in [-0.05, 0) is 30.6 Å². The summed E-state index contributed by atoms with van der Waals surface area (Å²) >= 11 is 0. The van der Waals surface area contributed by atoms with E-state index in [4.69, 9.17) is 5.26 Å². The Balaban J connectivity index is 2.45. The van der Waals surface area contributed by atoms with E-state index in [-0.39, 0.29) is 5.91 Å². The molecule has 0 spiro atoms. The van der Waals surface area contributed by atoms with E-state index in [0.717, 1.165) is 12.8 Å². The van der Waals surface area contributed by atoms with Gasteiger partial charge in [0, 0.05) is 6.54 Å². The average molecular weight is 222 g/mol. The summed E-state index contributed by atoms with van der Waals surface area (Å²) in [5.41, 5.74) is -0.682. The van der Waals surface area contributed by atoms with E-state index in [1.54, 1.807) is 0 Å². The fourth-order valence-corrected chi connectivity index (χ4v) is 2.14. The Morgan fingerprint density at radius 3 is 2.12 bits per heavy atom. The monoisotopic (exact) mass is 222 g/mol. The molecule has 0 radical (unpaired) electrons. The number of carbonyl (C=O) groups excluding carboxylic acids is 1. The lowest BCUT2D eigenvalue weighted by Gasteiger charge is -2.25. The number of carbonyl (C=O) groups is 1. The van der Waals surface area contributed by atoms with Crippen molar-refractivity contribution in [3.05, 3.63) is 0 Å². The van der Waals surface area contributed by atoms with Gasteiger partial charge in [0.25, 0.3) is 0 Å². The highest BCUT2D eigenvalue weighted by Crippen LogP contribution is 2.45. The van der Waals surface area contributed by atoms with Crippen molar-refractivity contribution in [3.63, 3.8) is 0 Å². The quantitative estimate of drug-likeness (QED) is 0.776. The number of amides is 1. The molecule has 0 aromatic heterocycles. The molecular formula is C13H22N2O. The van der Waals surface area contributed by atoms with Gasteiger partial charge in [0.1, 0.15) is 5.41 Å². The van der Waals surface area contributed by atoms with Gasteiger partial charge in [0.15, 0.2) is 0 Å². The first-order valence-corrected chi connectivity index (χ1v) is 6.12. The molecule has 0 atom stereocenters. The van der Waals surface area contributed by atoms with E-state index in [9.17, 15) is 4.79 Å². The fourth-order valence-electron chi connectivity index (χ4n) is 2.14. The second-order valence-corrected chi connectivity index (χ2v) is 5.56. The Labute approximate surface area is 98.2 Å². The first-order chi connectivity index (χ1) is 7.43. The molecule has 1 rings (SSSR count). The van der Waals surface area contributed by atoms with Crippen LogP contribution in [0.25, 0.3) is 0 Å². The molecule has 1 aliphatic rings. The van der Waals surface area contributed by atoms with Gasteiger partial charge in [0.2, 0.25) is 5.91 Å². The zero-order valence-electron chi connectivity index (χ0n) is 10.7. The zero-order chi connectivity index (χ0) is 12.3. The van der Waals surface area contributed by atoms with Crippen LogP contribution in [0.3, 0.4) is 0 Å². The van der Waals surface area contributed by atoms with E-state index < -0.39 is 5.41 Å². The summed E-state index contributed by atoms with van der Waals surface area (Å²) in [5.74, 6) is 1.52. The largest absolute Gasteiger partial charge is 0.354 e. The lowest BCUT2D eigenvalue weighted by molar-refractivity contribution is -0.124. The fraction of sp³-hybridized carbons (Fsp3) is 0.846. The SMILES string of the molecule is CC(C)C(CNC(=O)C1(C#N)CC1)C(C)C. The molecule has 3 nitrogen and oxygen atoms in total. The lowest BCUT2D eigenvalue weighted by atomic mass is 9.85. The maximum absolute atomic E-state index is 11.8. The summed E-state index contributed by atoms with van der Waals surface area (Å²) < 4.78 is 0. The third kappa shape index (κ3) is 2.75. The minimum Gasteiger partial charge on any atom is -0.354 e. The molecule has 90 valence electrons. The first-order valence-electron chi connectivity index (χ1n) is 6.12. The molecule has 0 heterocycles. The molecule has 0 aromatic carbocycles. The molecule has 1 fully saturated rings. The van der Waals surface area contributed by atoms with Crippen LogP contribution in [0.15, 0.2) is 0 Å². The Morgan fingerprint density at radius 1 is 1.31 bits per heavy atom. The Kier molecular flexibility index (Phi) is 3.96. The van der Waals surface area contributed by atoms with Gasteiger partial charge in [-0.2, -0.15) is 5.26 Å². The van der Waals surface area contributed by atoms with E-state index in [2.05, 4.69) is 39.1 Å². The normalized spacial score (nSPS) is 17.6. The van der Waals surface area contributed by atoms with Crippen LogP contribution in [0.5, 0.6) is 0 Å². The molecule has 1 saturated carbocycles. The predicted molar refractivity (Wildman–Crippen MR) is 63.5 cm³/mol. The standard InChI is InChI=1S/C13H22N2O/c1-9(2)11(10(3)4)7-15-12(16)13(8-14)5-6-13/h9-11H,5-7H2,1-4H3,(H,15,16). The van der Waals surface area contributed by atoms with Gasteiger partial charge in [-0.25, -0.2) is 0 Å². The predicted octanol–water partition coefficient (Wildman–Crippen LogP) is 2.33. The number of hydrogen-bond donors (Lipinski definition) is 1. The van der Waals surface area contributed by atoms with Crippen molar-refractivity contribution >= 4 is 5.91 Å². The second-order valence-electron chi connectivity index (χ2n) is 5.56. The van der Waals surface area contributed by atoms with Crippen LogP contribution < -0.4 is 5.32 Å². The van der Waals surface area contributed by atoms with Crippen molar-refractivity contribution in [1.82, 2.24) is 5.32 Å². The third-order valence-corrected chi connectivity index (χ3v) is 3.61. The molecule has 0 aromatic rings. The Bertz CT molecular complexity index is 290. The molecule has 0 unspecified atom stereocenters. The van der Waals surface area contributed by atoms with E-state index in [1.807, 2.05) is 0 Å². The average Bonchev–Trinajstić information content (AvgIpc) is 2.97. The molecule has 1 aliphatic carbocycles. The second kappa shape index (κ2) is 4.86. The van der Waals surface area contributed by atoms with Crippen LogP contribution in [0, 0.1) is 34.5 Å². The molecular weight excluding hydrogens is 200 g/mol. The molecule has 0 bridgehead atoms. The van der Waals surface area contributed by atoms with Crippen molar-refractivity contribution in [3.8, 4) is 6.07 Å². The topological polar surface area (TPSA) is 52.9 Å². The van der Waals surface area contributed by atoms with Gasteiger partial charge < -0.3 is 5.32 Å². The summed E-state index contributed by atoms with van der Waals surface area (Å²) in [6.07, 6.45) is 1.45. The molecule has 0 saturated heterocycles. The minimum atomic E-state index is -0.682. The van der Waals surface area contributed by atoms with Gasteiger partial charge >= 0.3 is 0 Å². The summed E-state index contributed by atoms with van der Waals surface area (Å²) in [7, 11) is 0. The number of hydrogen-bond acceptors (Lipinski definition) is 2. The third-order valence-electron chi connectivity index (χ3n) is 3.61. The molecule has 16 heavy (non-hydrogen) atoms. The van der Waals surface area contributed by atoms with Gasteiger partial charge in [0.05, 0.1) is 6.07 Å². The van der Waals surface area contributed by atoms with Crippen molar-refractivity contribution in [1.29, 1.82) is 5.26 Å². The maximum atomic E-state index is 11.8. The van der Waals surface area contributed by atoms with Crippen molar-refractivity contribution in [2.24, 2.45) is 23.2 Å². The van der Waals surface area contributed by atoms with Crippen LogP contribution in [0.1, 0.15) is 40.5 Å². The van der Waals surface area contributed by atoms with E-state index >= 15 is 0 Å². The van der Waals surface area contributed by atoms with Gasteiger partial charge in [-0.3, -0.25) is 4.79 Å². The summed E-state index contributed by atoms with van der Waals surface area (Å²) in [6.45, 7) is 9.39. The van der Waals surface area contributed by atoms with E-state index in [0.29, 0.717) is 24.3 Å². The van der Waals surface area contributed by atoms with Crippen molar-refractivity contribution in [2.75, 3.05) is 6.54 Å². The lowest BCUT2D eigenvalue weighted by Crippen LogP contribution is -2.37. The molecule has 0 aliphatic heterocycles. The van der Waals surface area contributed by atoms with Gasteiger partial charge in [-0.15, -0.1) is 0 Å². The summed E-state index contributed by atoms with van der Waals surface area (Å²) in [4.78, 5) is 11.8. The minimum absolute atomic E-state index is 0.0682. The van der Waals surface area contributed by atoms with Gasteiger partial charge in [-0.1, -0.05) is 27.7 Å². The first kappa shape index (κ1) is 13.0. The summed E-state index contributed by atoms with van der Waals surface area (Å²) in [5, 5.41) is 11.8. The van der Waals surface area contributed by atoms with Crippen LogP contribution in [-0.4, -0.2) is 12.5 Å². The number of nitrogens with one attached hydrogen (secondary N) is 1. The molecule has 1 N–H and O–H groups in total. The number of nitrogens with zero attached hydrogens (tertiary/aromatic N) is 1. The van der Waals surface area contributed by atoms with Crippen LogP contribution in [0.2, 0.25) is 0 Å². The molecule has 3 heteroatoms. The highest BCUT2D eigenvalue weighted by atomic mass is 16.2. The maximum Gasteiger partial charge on any atom is 0.240 e. The Morgan fingerprint density at radius 2 is 1.81 bits per heavy atom.